The van der Waals surface area contributed by atoms with Crippen molar-refractivity contribution in [1.82, 2.24) is 14.7 Å². The van der Waals surface area contributed by atoms with Gasteiger partial charge < -0.3 is 4.74 Å². The van der Waals surface area contributed by atoms with Crippen LogP contribution in [0.3, 0.4) is 0 Å². The zero-order valence-corrected chi connectivity index (χ0v) is 15.5. The molecule has 2 aromatic rings. The van der Waals surface area contributed by atoms with Gasteiger partial charge in [0.2, 0.25) is 10.0 Å². The van der Waals surface area contributed by atoms with Crippen molar-refractivity contribution in [2.75, 3.05) is 0 Å². The summed E-state index contributed by atoms with van der Waals surface area (Å²) in [6, 6.07) is 3.70. The second kappa shape index (κ2) is 7.35. The molecule has 1 saturated carbocycles. The van der Waals surface area contributed by atoms with Gasteiger partial charge >= 0.3 is 6.01 Å². The van der Waals surface area contributed by atoms with E-state index in [1.54, 1.807) is 6.07 Å². The van der Waals surface area contributed by atoms with Crippen molar-refractivity contribution in [3.63, 3.8) is 0 Å². The van der Waals surface area contributed by atoms with Crippen LogP contribution in [-0.4, -0.2) is 30.5 Å². The number of thiophene rings is 1. The normalized spacial score (nSPS) is 21.6. The number of hydrogen-bond acceptors (Lipinski definition) is 6. The van der Waals surface area contributed by atoms with E-state index < -0.39 is 10.0 Å². The van der Waals surface area contributed by atoms with Crippen LogP contribution in [0.4, 0.5) is 0 Å². The van der Waals surface area contributed by atoms with Crippen LogP contribution in [0.5, 0.6) is 6.01 Å². The molecule has 0 aliphatic heterocycles. The van der Waals surface area contributed by atoms with Crippen molar-refractivity contribution >= 4 is 33.0 Å². The molecular formula is C15H18ClN3O3S2. The Bertz CT molecular complexity index is 785. The fraction of sp³-hybridized carbons (Fsp3) is 0.467. The topological polar surface area (TPSA) is 81.2 Å². The van der Waals surface area contributed by atoms with Gasteiger partial charge in [-0.2, -0.15) is 0 Å². The van der Waals surface area contributed by atoms with Crippen LogP contribution in [-0.2, 0) is 10.0 Å². The number of ether oxygens (including phenoxy) is 1. The van der Waals surface area contributed by atoms with Gasteiger partial charge in [-0.25, -0.2) is 23.1 Å². The number of halogens is 1. The molecule has 1 aliphatic rings. The summed E-state index contributed by atoms with van der Waals surface area (Å²) in [5, 5.41) is 0.462. The summed E-state index contributed by atoms with van der Waals surface area (Å²) >= 11 is 7.03. The highest BCUT2D eigenvalue weighted by Crippen LogP contribution is 2.25. The molecule has 2 heterocycles. The summed E-state index contributed by atoms with van der Waals surface area (Å²) in [5.74, 6) is 0. The van der Waals surface area contributed by atoms with Gasteiger partial charge in [-0.15, -0.1) is 11.3 Å². The lowest BCUT2D eigenvalue weighted by molar-refractivity contribution is 0.132. The zero-order chi connectivity index (χ0) is 17.2. The molecule has 1 N–H and O–H groups in total. The molecule has 3 rings (SSSR count). The van der Waals surface area contributed by atoms with E-state index in [2.05, 4.69) is 14.7 Å². The molecule has 1 aliphatic carbocycles. The minimum atomic E-state index is -3.43. The first-order valence-electron chi connectivity index (χ1n) is 7.65. The van der Waals surface area contributed by atoms with E-state index in [1.807, 2.05) is 13.0 Å². The van der Waals surface area contributed by atoms with E-state index >= 15 is 0 Å². The van der Waals surface area contributed by atoms with Gasteiger partial charge in [0, 0.05) is 10.9 Å². The van der Waals surface area contributed by atoms with Gasteiger partial charge in [-0.1, -0.05) is 11.6 Å². The number of aromatic nitrogens is 2. The van der Waals surface area contributed by atoms with Crippen LogP contribution in [0.15, 0.2) is 28.7 Å². The van der Waals surface area contributed by atoms with Crippen LogP contribution >= 0.6 is 22.9 Å². The summed E-state index contributed by atoms with van der Waals surface area (Å²) in [7, 11) is -3.43. The summed E-state index contributed by atoms with van der Waals surface area (Å²) in [4.78, 5) is 9.02. The van der Waals surface area contributed by atoms with Crippen molar-refractivity contribution in [2.24, 2.45) is 0 Å². The lowest BCUT2D eigenvalue weighted by atomic mass is 9.94. The van der Waals surface area contributed by atoms with Gasteiger partial charge in [0.25, 0.3) is 0 Å². The fourth-order valence-electron chi connectivity index (χ4n) is 2.64. The van der Waals surface area contributed by atoms with Crippen molar-refractivity contribution < 1.29 is 13.2 Å². The number of nitrogens with one attached hydrogen (secondary N) is 1. The highest BCUT2D eigenvalue weighted by Gasteiger charge is 2.27. The van der Waals surface area contributed by atoms with Crippen LogP contribution in [0.25, 0.3) is 0 Å². The maximum absolute atomic E-state index is 12.4. The Balaban J connectivity index is 1.52. The van der Waals surface area contributed by atoms with Gasteiger partial charge in [0.05, 0.1) is 17.4 Å². The minimum Gasteiger partial charge on any atom is -0.460 e. The molecule has 0 atom stereocenters. The zero-order valence-electron chi connectivity index (χ0n) is 13.1. The van der Waals surface area contributed by atoms with Crippen LogP contribution in [0.2, 0.25) is 5.02 Å². The molecule has 6 nitrogen and oxygen atoms in total. The Morgan fingerprint density at radius 1 is 1.21 bits per heavy atom. The van der Waals surface area contributed by atoms with Crippen molar-refractivity contribution in [3.8, 4) is 6.01 Å². The Morgan fingerprint density at radius 3 is 2.46 bits per heavy atom. The van der Waals surface area contributed by atoms with Crippen LogP contribution in [0, 0.1) is 6.92 Å². The monoisotopic (exact) mass is 387 g/mol. The molecule has 0 amide bonds. The Labute approximate surface area is 150 Å². The van der Waals surface area contributed by atoms with E-state index in [0.29, 0.717) is 15.2 Å². The third-order valence-corrected chi connectivity index (χ3v) is 7.05. The maximum atomic E-state index is 12.4. The molecule has 130 valence electrons. The Morgan fingerprint density at radius 2 is 1.88 bits per heavy atom. The summed E-state index contributed by atoms with van der Waals surface area (Å²) in [6.07, 6.45) is 5.94. The van der Waals surface area contributed by atoms with Gasteiger partial charge in [0.15, 0.2) is 0 Å². The molecule has 1 fully saturated rings. The Hall–Kier alpha value is -1.22. The second-order valence-electron chi connectivity index (χ2n) is 5.76. The van der Waals surface area contributed by atoms with E-state index in [4.69, 9.17) is 16.3 Å². The lowest BCUT2D eigenvalue weighted by Gasteiger charge is -2.28. The quantitative estimate of drug-likeness (QED) is 0.852. The Kier molecular flexibility index (Phi) is 5.39. The van der Waals surface area contributed by atoms with E-state index in [9.17, 15) is 8.42 Å². The molecule has 0 radical (unpaired) electrons. The van der Waals surface area contributed by atoms with E-state index in [0.717, 1.165) is 30.6 Å². The van der Waals surface area contributed by atoms with Crippen LogP contribution < -0.4 is 9.46 Å². The van der Waals surface area contributed by atoms with E-state index in [-0.39, 0.29) is 12.1 Å². The summed E-state index contributed by atoms with van der Waals surface area (Å²) < 4.78 is 33.6. The van der Waals surface area contributed by atoms with Crippen molar-refractivity contribution in [3.05, 3.63) is 34.4 Å². The third kappa shape index (κ3) is 4.44. The molecule has 24 heavy (non-hydrogen) atoms. The lowest BCUT2D eigenvalue weighted by Crippen LogP contribution is -2.39. The van der Waals surface area contributed by atoms with Gasteiger partial charge in [-0.3, -0.25) is 0 Å². The highest BCUT2D eigenvalue weighted by molar-refractivity contribution is 7.91. The number of rotatable bonds is 5. The average molecular weight is 388 g/mol. The number of hydrogen-bond donors (Lipinski definition) is 1. The van der Waals surface area contributed by atoms with Crippen molar-refractivity contribution in [1.29, 1.82) is 0 Å². The predicted molar refractivity (Wildman–Crippen MR) is 93.1 cm³/mol. The molecule has 0 unspecified atom stereocenters. The molecule has 0 aromatic carbocycles. The molecule has 9 heteroatoms. The van der Waals surface area contributed by atoms with E-state index in [1.165, 1.54) is 23.7 Å². The van der Waals surface area contributed by atoms with Gasteiger partial charge in [0.1, 0.15) is 10.3 Å². The molecule has 0 spiro atoms. The first kappa shape index (κ1) is 17.6. The molecule has 0 saturated heterocycles. The minimum absolute atomic E-state index is 0.00379. The number of aryl methyl sites for hydroxylation is 1. The van der Waals surface area contributed by atoms with Crippen LogP contribution in [0.1, 0.15) is 30.6 Å². The fourth-order valence-corrected chi connectivity index (χ4v) is 5.35. The second-order valence-corrected chi connectivity index (χ2v) is 9.43. The highest BCUT2D eigenvalue weighted by atomic mass is 35.5. The smallest absolute Gasteiger partial charge is 0.316 e. The summed E-state index contributed by atoms with van der Waals surface area (Å²) in [5.41, 5.74) is 0. The summed E-state index contributed by atoms with van der Waals surface area (Å²) in [6.45, 7) is 1.89. The predicted octanol–water partition coefficient (Wildman–Crippen LogP) is 3.17. The molecule has 0 bridgehead atoms. The molecular weight excluding hydrogens is 370 g/mol. The largest absolute Gasteiger partial charge is 0.460 e. The average Bonchev–Trinajstić information content (AvgIpc) is 2.99. The van der Waals surface area contributed by atoms with Gasteiger partial charge in [-0.05, 0) is 44.7 Å². The van der Waals surface area contributed by atoms with Crippen molar-refractivity contribution in [2.45, 2.75) is 49.0 Å². The molecule has 2 aromatic heterocycles. The third-order valence-electron chi connectivity index (χ3n) is 3.85. The first-order chi connectivity index (χ1) is 11.4. The number of sulfonamides is 1. The SMILES string of the molecule is Cc1ccc(S(=O)(=O)NC2CCC(Oc3ncc(Cl)cn3)CC2)s1. The number of nitrogens with zero attached hydrogens (tertiary/aromatic N) is 2. The first-order valence-corrected chi connectivity index (χ1v) is 10.3. The maximum Gasteiger partial charge on any atom is 0.316 e. The standard InChI is InChI=1S/C15H18ClN3O3S2/c1-10-2-7-14(23-10)24(20,21)19-12-3-5-13(6-4-12)22-15-17-8-11(16)9-18-15/h2,7-9,12-13,19H,3-6H2,1H3.